The van der Waals surface area contributed by atoms with E-state index < -0.39 is 0 Å². The van der Waals surface area contributed by atoms with Crippen LogP contribution in [0.15, 0.2) is 30.5 Å². The summed E-state index contributed by atoms with van der Waals surface area (Å²) in [6, 6.07) is 8.13. The van der Waals surface area contributed by atoms with Crippen LogP contribution >= 0.6 is 0 Å². The van der Waals surface area contributed by atoms with E-state index in [0.29, 0.717) is 5.78 Å². The average Bonchev–Trinajstić information content (AvgIpc) is 2.77. The summed E-state index contributed by atoms with van der Waals surface area (Å²) < 4.78 is 2.05. The Balaban J connectivity index is 2.00. The van der Waals surface area contributed by atoms with Gasteiger partial charge in [0, 0.05) is 35.6 Å². The van der Waals surface area contributed by atoms with Crippen LogP contribution in [0.1, 0.15) is 23.2 Å². The Kier molecular flexibility index (Phi) is 2.92. The minimum absolute atomic E-state index is 0.192. The molecule has 0 saturated carbocycles. The number of nitrogens with zero attached hydrogens (tertiary/aromatic N) is 1. The molecule has 3 rings (SSSR count). The molecule has 0 atom stereocenters. The summed E-state index contributed by atoms with van der Waals surface area (Å²) in [5.74, 6) is 0.505. The van der Waals surface area contributed by atoms with Gasteiger partial charge in [0.1, 0.15) is 0 Å². The van der Waals surface area contributed by atoms with Crippen LogP contribution in [0.5, 0.6) is 0 Å². The topological polar surface area (TPSA) is 34.0 Å². The van der Waals surface area contributed by atoms with Crippen LogP contribution in [-0.4, -0.2) is 23.4 Å². The van der Waals surface area contributed by atoms with Gasteiger partial charge in [-0.1, -0.05) is 18.2 Å². The van der Waals surface area contributed by atoms with Crippen LogP contribution in [0, 0.1) is 5.92 Å². The zero-order valence-electron chi connectivity index (χ0n) is 10.6. The molecule has 18 heavy (non-hydrogen) atoms. The Bertz CT molecular complexity index is 579. The summed E-state index contributed by atoms with van der Waals surface area (Å²) in [5.41, 5.74) is 2.02. The molecule has 1 aromatic carbocycles. The largest absolute Gasteiger partial charge is 0.350 e. The minimum atomic E-state index is 0.192. The maximum absolute atomic E-state index is 12.6. The zero-order valence-corrected chi connectivity index (χ0v) is 10.6. The molecular weight excluding hydrogens is 224 g/mol. The molecule has 0 bridgehead atoms. The van der Waals surface area contributed by atoms with E-state index >= 15 is 0 Å². The second-order valence-corrected chi connectivity index (χ2v) is 5.06. The van der Waals surface area contributed by atoms with Crippen molar-refractivity contribution in [3.63, 3.8) is 0 Å². The molecular formula is C15H18N2O. The first kappa shape index (κ1) is 11.5. The van der Waals surface area contributed by atoms with E-state index in [4.69, 9.17) is 0 Å². The molecule has 0 unspecified atom stereocenters. The standard InChI is InChI=1S/C15H18N2O/c1-17-10-13(12-4-2-3-5-14(12)17)15(18)11-6-8-16-9-7-11/h2-5,10-11,16H,6-9H2,1H3. The van der Waals surface area contributed by atoms with Gasteiger partial charge in [0.2, 0.25) is 0 Å². The molecule has 3 heteroatoms. The number of aryl methyl sites for hydroxylation is 1. The van der Waals surface area contributed by atoms with Crippen molar-refractivity contribution in [2.75, 3.05) is 13.1 Å². The summed E-state index contributed by atoms with van der Waals surface area (Å²) in [6.45, 7) is 1.92. The highest BCUT2D eigenvalue weighted by Crippen LogP contribution is 2.25. The smallest absolute Gasteiger partial charge is 0.168 e. The predicted octanol–water partition coefficient (Wildman–Crippen LogP) is 2.36. The Morgan fingerprint density at radius 1 is 1.28 bits per heavy atom. The molecule has 0 radical (unpaired) electrons. The Morgan fingerprint density at radius 2 is 2.00 bits per heavy atom. The molecule has 1 aliphatic heterocycles. The van der Waals surface area contributed by atoms with Crippen molar-refractivity contribution in [3.05, 3.63) is 36.0 Å². The number of hydrogen-bond donors (Lipinski definition) is 1. The fraction of sp³-hybridized carbons (Fsp3) is 0.400. The van der Waals surface area contributed by atoms with E-state index in [0.717, 1.165) is 42.4 Å². The van der Waals surface area contributed by atoms with Crippen LogP contribution < -0.4 is 5.32 Å². The number of nitrogens with one attached hydrogen (secondary N) is 1. The third-order valence-corrected chi connectivity index (χ3v) is 3.87. The summed E-state index contributed by atoms with van der Waals surface area (Å²) in [5, 5.41) is 4.39. The van der Waals surface area contributed by atoms with Gasteiger partial charge in [0.25, 0.3) is 0 Å². The maximum Gasteiger partial charge on any atom is 0.168 e. The fourth-order valence-electron chi connectivity index (χ4n) is 2.84. The fourth-order valence-corrected chi connectivity index (χ4v) is 2.84. The van der Waals surface area contributed by atoms with Gasteiger partial charge in [-0.25, -0.2) is 0 Å². The zero-order chi connectivity index (χ0) is 12.5. The van der Waals surface area contributed by atoms with Gasteiger partial charge in [-0.15, -0.1) is 0 Å². The lowest BCUT2D eigenvalue weighted by molar-refractivity contribution is 0.0896. The number of para-hydroxylation sites is 1. The van der Waals surface area contributed by atoms with Crippen molar-refractivity contribution < 1.29 is 4.79 Å². The monoisotopic (exact) mass is 242 g/mol. The average molecular weight is 242 g/mol. The van der Waals surface area contributed by atoms with E-state index in [1.807, 2.05) is 36.0 Å². The quantitative estimate of drug-likeness (QED) is 0.820. The van der Waals surface area contributed by atoms with Crippen molar-refractivity contribution in [1.82, 2.24) is 9.88 Å². The molecule has 2 aromatic rings. The molecule has 94 valence electrons. The highest BCUT2D eigenvalue weighted by molar-refractivity contribution is 6.09. The highest BCUT2D eigenvalue weighted by atomic mass is 16.1. The van der Waals surface area contributed by atoms with Crippen LogP contribution in [0.4, 0.5) is 0 Å². The lowest BCUT2D eigenvalue weighted by atomic mass is 9.89. The first-order valence-corrected chi connectivity index (χ1v) is 6.56. The highest BCUT2D eigenvalue weighted by Gasteiger charge is 2.24. The predicted molar refractivity (Wildman–Crippen MR) is 72.8 cm³/mol. The Labute approximate surface area is 107 Å². The summed E-state index contributed by atoms with van der Waals surface area (Å²) >= 11 is 0. The lowest BCUT2D eigenvalue weighted by Crippen LogP contribution is -2.31. The number of Topliss-reactive ketones (excluding diaryl/α,β-unsaturated/α-hetero) is 1. The van der Waals surface area contributed by atoms with Crippen molar-refractivity contribution >= 4 is 16.7 Å². The van der Waals surface area contributed by atoms with Crippen LogP contribution in [0.2, 0.25) is 0 Å². The first-order chi connectivity index (χ1) is 8.77. The second-order valence-electron chi connectivity index (χ2n) is 5.06. The molecule has 1 aromatic heterocycles. The second kappa shape index (κ2) is 4.58. The van der Waals surface area contributed by atoms with Gasteiger partial charge in [-0.2, -0.15) is 0 Å². The molecule has 0 spiro atoms. The van der Waals surface area contributed by atoms with Gasteiger partial charge in [0.15, 0.2) is 5.78 Å². The Hall–Kier alpha value is -1.61. The van der Waals surface area contributed by atoms with Gasteiger partial charge in [-0.05, 0) is 32.0 Å². The normalized spacial score (nSPS) is 17.2. The van der Waals surface area contributed by atoms with Crippen molar-refractivity contribution in [2.45, 2.75) is 12.8 Å². The SMILES string of the molecule is Cn1cc(C(=O)C2CCNCC2)c2ccccc21. The van der Waals surface area contributed by atoms with Gasteiger partial charge < -0.3 is 9.88 Å². The third kappa shape index (κ3) is 1.85. The number of fused-ring (bicyclic) bond motifs is 1. The molecule has 1 N–H and O–H groups in total. The number of ketones is 1. The molecule has 0 aliphatic carbocycles. The maximum atomic E-state index is 12.6. The third-order valence-electron chi connectivity index (χ3n) is 3.87. The van der Waals surface area contributed by atoms with Crippen LogP contribution in [0.3, 0.4) is 0 Å². The number of piperidine rings is 1. The lowest BCUT2D eigenvalue weighted by Gasteiger charge is -2.21. The number of rotatable bonds is 2. The summed E-state index contributed by atoms with van der Waals surface area (Å²) in [7, 11) is 2.00. The number of benzene rings is 1. The van der Waals surface area contributed by atoms with Crippen molar-refractivity contribution in [2.24, 2.45) is 13.0 Å². The molecule has 1 saturated heterocycles. The summed E-state index contributed by atoms with van der Waals surface area (Å²) in [4.78, 5) is 12.6. The number of carbonyl (C=O) groups excluding carboxylic acids is 1. The van der Waals surface area contributed by atoms with Gasteiger partial charge in [-0.3, -0.25) is 4.79 Å². The summed E-state index contributed by atoms with van der Waals surface area (Å²) in [6.07, 6.45) is 3.90. The van der Waals surface area contributed by atoms with E-state index in [-0.39, 0.29) is 5.92 Å². The van der Waals surface area contributed by atoms with E-state index in [1.54, 1.807) is 0 Å². The van der Waals surface area contributed by atoms with Crippen LogP contribution in [0.25, 0.3) is 10.9 Å². The molecule has 1 fully saturated rings. The number of hydrogen-bond acceptors (Lipinski definition) is 2. The van der Waals surface area contributed by atoms with E-state index in [2.05, 4.69) is 11.4 Å². The van der Waals surface area contributed by atoms with Crippen molar-refractivity contribution in [3.8, 4) is 0 Å². The molecule has 1 aliphatic rings. The van der Waals surface area contributed by atoms with E-state index in [1.165, 1.54) is 0 Å². The number of aromatic nitrogens is 1. The first-order valence-electron chi connectivity index (χ1n) is 6.56. The molecule has 0 amide bonds. The Morgan fingerprint density at radius 3 is 2.78 bits per heavy atom. The molecule has 3 nitrogen and oxygen atoms in total. The minimum Gasteiger partial charge on any atom is -0.350 e. The van der Waals surface area contributed by atoms with E-state index in [9.17, 15) is 4.79 Å². The van der Waals surface area contributed by atoms with Gasteiger partial charge in [0.05, 0.1) is 0 Å². The van der Waals surface area contributed by atoms with Crippen LogP contribution in [-0.2, 0) is 7.05 Å². The van der Waals surface area contributed by atoms with Crippen molar-refractivity contribution in [1.29, 1.82) is 0 Å². The van der Waals surface area contributed by atoms with Gasteiger partial charge >= 0.3 is 0 Å². The number of carbonyl (C=O) groups is 1. The molecule has 2 heterocycles.